The summed E-state index contributed by atoms with van der Waals surface area (Å²) < 4.78 is 47.4. The number of carbonyl (C=O) groups excluding carboxylic acids is 2. The van der Waals surface area contributed by atoms with Gasteiger partial charge in [0.2, 0.25) is 11.8 Å². The quantitative estimate of drug-likeness (QED) is 0.351. The minimum atomic E-state index is -4.26. The third-order valence-electron chi connectivity index (χ3n) is 7.38. The first-order valence-corrected chi connectivity index (χ1v) is 15.1. The summed E-state index contributed by atoms with van der Waals surface area (Å²) in [6.45, 7) is 3.05. The normalized spacial score (nSPS) is 14.3. The highest BCUT2D eigenvalue weighted by Crippen LogP contribution is 2.26. The fourth-order valence-corrected chi connectivity index (χ4v) is 6.29. The van der Waals surface area contributed by atoms with Gasteiger partial charge in [0.25, 0.3) is 10.0 Å². The van der Waals surface area contributed by atoms with Crippen LogP contribution in [-0.2, 0) is 26.2 Å². The molecule has 8 nitrogen and oxygen atoms in total. The van der Waals surface area contributed by atoms with Crippen molar-refractivity contribution in [2.75, 3.05) is 18.0 Å². The number of sulfonamides is 1. The fraction of sp³-hybridized carbons (Fsp3) is 0.355. The third kappa shape index (κ3) is 7.43. The molecule has 3 aromatic carbocycles. The van der Waals surface area contributed by atoms with Crippen LogP contribution < -0.4 is 14.4 Å². The Bertz CT molecular complexity index is 1440. The van der Waals surface area contributed by atoms with Crippen molar-refractivity contribution in [3.8, 4) is 5.75 Å². The van der Waals surface area contributed by atoms with Crippen molar-refractivity contribution in [1.82, 2.24) is 10.2 Å². The largest absolute Gasteiger partial charge is 0.497 e. The van der Waals surface area contributed by atoms with Crippen LogP contribution in [0.3, 0.4) is 0 Å². The lowest BCUT2D eigenvalue weighted by atomic mass is 10.1. The highest BCUT2D eigenvalue weighted by molar-refractivity contribution is 7.92. The van der Waals surface area contributed by atoms with Gasteiger partial charge in [0, 0.05) is 12.6 Å². The number of rotatable bonds is 11. The van der Waals surface area contributed by atoms with Crippen LogP contribution in [0.2, 0.25) is 0 Å². The van der Waals surface area contributed by atoms with Gasteiger partial charge in [-0.15, -0.1) is 0 Å². The van der Waals surface area contributed by atoms with E-state index in [9.17, 15) is 22.4 Å². The van der Waals surface area contributed by atoms with Crippen molar-refractivity contribution in [2.45, 2.75) is 63.1 Å². The molecule has 1 unspecified atom stereocenters. The molecule has 2 amide bonds. The summed E-state index contributed by atoms with van der Waals surface area (Å²) in [6, 6.07) is 17.5. The number of nitrogens with zero attached hydrogens (tertiary/aromatic N) is 2. The number of hydrogen-bond acceptors (Lipinski definition) is 5. The van der Waals surface area contributed by atoms with Crippen LogP contribution in [0.5, 0.6) is 5.75 Å². The van der Waals surface area contributed by atoms with Crippen molar-refractivity contribution in [1.29, 1.82) is 0 Å². The second-order valence-electron chi connectivity index (χ2n) is 10.3. The molecule has 4 rings (SSSR count). The number of aryl methyl sites for hydroxylation is 1. The standard InChI is InChI=1S/C31H36FN3O5S/c1-22-8-14-27(15-9-22)35(41(38,39)29-18-12-25(32)13-19-29)21-30(36)34(20-24-10-16-28(40-3)17-11-24)23(2)31(37)33-26-6-4-5-7-26/h8-19,23,26H,4-7,20-21H2,1-3H3,(H,33,37). The summed E-state index contributed by atoms with van der Waals surface area (Å²) in [5.74, 6) is -0.771. The van der Waals surface area contributed by atoms with Crippen LogP contribution in [0.1, 0.15) is 43.7 Å². The van der Waals surface area contributed by atoms with E-state index in [4.69, 9.17) is 4.74 Å². The van der Waals surface area contributed by atoms with E-state index in [1.54, 1.807) is 62.6 Å². The van der Waals surface area contributed by atoms with Gasteiger partial charge in [-0.3, -0.25) is 13.9 Å². The SMILES string of the molecule is COc1ccc(CN(C(=O)CN(c2ccc(C)cc2)S(=O)(=O)c2ccc(F)cc2)C(C)C(=O)NC2CCCC2)cc1. The molecule has 1 atom stereocenters. The van der Waals surface area contributed by atoms with Gasteiger partial charge < -0.3 is 15.0 Å². The second-order valence-corrected chi connectivity index (χ2v) is 12.2. The van der Waals surface area contributed by atoms with E-state index in [1.165, 1.54) is 17.0 Å². The van der Waals surface area contributed by atoms with Crippen LogP contribution in [-0.4, -0.2) is 50.9 Å². The molecule has 0 radical (unpaired) electrons. The van der Waals surface area contributed by atoms with Gasteiger partial charge in [0.15, 0.2) is 0 Å². The zero-order valence-corrected chi connectivity index (χ0v) is 24.4. The number of benzene rings is 3. The molecule has 0 bridgehead atoms. The number of halogens is 1. The summed E-state index contributed by atoms with van der Waals surface area (Å²) in [7, 11) is -2.70. The molecule has 0 aromatic heterocycles. The molecule has 1 N–H and O–H groups in total. The average molecular weight is 582 g/mol. The third-order valence-corrected chi connectivity index (χ3v) is 9.17. The predicted molar refractivity (Wildman–Crippen MR) is 156 cm³/mol. The van der Waals surface area contributed by atoms with Gasteiger partial charge in [-0.1, -0.05) is 42.7 Å². The monoisotopic (exact) mass is 581 g/mol. The Morgan fingerprint density at radius 1 is 0.976 bits per heavy atom. The molecular weight excluding hydrogens is 545 g/mol. The summed E-state index contributed by atoms with van der Waals surface area (Å²) in [5, 5.41) is 3.05. The van der Waals surface area contributed by atoms with Gasteiger partial charge in [-0.05, 0) is 80.8 Å². The van der Waals surface area contributed by atoms with Crippen molar-refractivity contribution >= 4 is 27.5 Å². The van der Waals surface area contributed by atoms with E-state index in [2.05, 4.69) is 5.32 Å². The Labute approximate surface area is 241 Å². The Hall–Kier alpha value is -3.92. The smallest absolute Gasteiger partial charge is 0.264 e. The lowest BCUT2D eigenvalue weighted by Gasteiger charge is -2.32. The minimum absolute atomic E-state index is 0.0609. The fourth-order valence-electron chi connectivity index (χ4n) is 4.88. The first-order chi connectivity index (χ1) is 19.6. The maximum Gasteiger partial charge on any atom is 0.264 e. The highest BCUT2D eigenvalue weighted by atomic mass is 32.2. The molecular formula is C31H36FN3O5S. The Kier molecular flexibility index (Phi) is 9.65. The molecule has 0 spiro atoms. The van der Waals surface area contributed by atoms with Crippen LogP contribution in [0.15, 0.2) is 77.7 Å². The molecule has 1 aliphatic carbocycles. The van der Waals surface area contributed by atoms with Crippen LogP contribution in [0.4, 0.5) is 10.1 Å². The lowest BCUT2D eigenvalue weighted by molar-refractivity contribution is -0.139. The number of methoxy groups -OCH3 is 1. The van der Waals surface area contributed by atoms with E-state index >= 15 is 0 Å². The number of hydrogen-bond donors (Lipinski definition) is 1. The van der Waals surface area contributed by atoms with Crippen molar-refractivity contribution in [2.24, 2.45) is 0 Å². The van der Waals surface area contributed by atoms with E-state index in [1.807, 2.05) is 6.92 Å². The number of nitrogens with one attached hydrogen (secondary N) is 1. The van der Waals surface area contributed by atoms with Crippen molar-refractivity contribution < 1.29 is 27.1 Å². The van der Waals surface area contributed by atoms with E-state index < -0.39 is 34.3 Å². The van der Waals surface area contributed by atoms with E-state index in [-0.39, 0.29) is 29.1 Å². The highest BCUT2D eigenvalue weighted by Gasteiger charge is 2.33. The zero-order chi connectivity index (χ0) is 29.6. The minimum Gasteiger partial charge on any atom is -0.497 e. The molecule has 0 heterocycles. The first-order valence-electron chi connectivity index (χ1n) is 13.7. The van der Waals surface area contributed by atoms with Gasteiger partial charge in [-0.2, -0.15) is 0 Å². The predicted octanol–water partition coefficient (Wildman–Crippen LogP) is 4.81. The van der Waals surface area contributed by atoms with Gasteiger partial charge in [-0.25, -0.2) is 12.8 Å². The van der Waals surface area contributed by atoms with Crippen LogP contribution in [0.25, 0.3) is 0 Å². The second kappa shape index (κ2) is 13.2. The van der Waals surface area contributed by atoms with Gasteiger partial charge in [0.05, 0.1) is 17.7 Å². The Balaban J connectivity index is 1.67. The summed E-state index contributed by atoms with van der Waals surface area (Å²) >= 11 is 0. The summed E-state index contributed by atoms with van der Waals surface area (Å²) in [5.41, 5.74) is 1.95. The Morgan fingerprint density at radius 3 is 2.17 bits per heavy atom. The average Bonchev–Trinajstić information content (AvgIpc) is 3.48. The molecule has 218 valence electrons. The van der Waals surface area contributed by atoms with Crippen LogP contribution in [0, 0.1) is 12.7 Å². The van der Waals surface area contributed by atoms with Gasteiger partial charge in [0.1, 0.15) is 24.2 Å². The van der Waals surface area contributed by atoms with Gasteiger partial charge >= 0.3 is 0 Å². The maximum absolute atomic E-state index is 14.0. The van der Waals surface area contributed by atoms with Crippen molar-refractivity contribution in [3.63, 3.8) is 0 Å². The Morgan fingerprint density at radius 2 is 1.59 bits per heavy atom. The maximum atomic E-state index is 14.0. The zero-order valence-electron chi connectivity index (χ0n) is 23.5. The molecule has 1 fully saturated rings. The molecule has 0 aliphatic heterocycles. The molecule has 1 aliphatic rings. The molecule has 3 aromatic rings. The topological polar surface area (TPSA) is 96.0 Å². The van der Waals surface area contributed by atoms with Crippen molar-refractivity contribution in [3.05, 3.63) is 89.7 Å². The lowest BCUT2D eigenvalue weighted by Crippen LogP contribution is -2.52. The molecule has 0 saturated heterocycles. The summed E-state index contributed by atoms with van der Waals surface area (Å²) in [4.78, 5) is 28.5. The number of ether oxygens (including phenoxy) is 1. The first kappa shape index (κ1) is 30.0. The summed E-state index contributed by atoms with van der Waals surface area (Å²) in [6.07, 6.45) is 3.87. The van der Waals surface area contributed by atoms with Crippen LogP contribution >= 0.6 is 0 Å². The van der Waals surface area contributed by atoms with E-state index in [0.29, 0.717) is 5.75 Å². The number of anilines is 1. The number of amides is 2. The molecule has 1 saturated carbocycles. The molecule has 41 heavy (non-hydrogen) atoms. The van der Waals surface area contributed by atoms with E-state index in [0.717, 1.165) is 53.2 Å². The molecule has 10 heteroatoms. The number of carbonyl (C=O) groups is 2.